The van der Waals surface area contributed by atoms with Crippen molar-refractivity contribution in [1.29, 1.82) is 0 Å². The third kappa shape index (κ3) is 7.48. The van der Waals surface area contributed by atoms with E-state index in [-0.39, 0.29) is 0 Å². The number of unbranched alkanes of at least 4 members (excludes halogenated alkanes) is 5. The molecule has 1 aromatic rings. The second-order valence-electron chi connectivity index (χ2n) is 6.17. The molecule has 5 nitrogen and oxygen atoms in total. The maximum atomic E-state index is 11.8. The smallest absolute Gasteiger partial charge is 0.246 e. The number of rotatable bonds is 11. The van der Waals surface area contributed by atoms with Gasteiger partial charge in [-0.2, -0.15) is 0 Å². The van der Waals surface area contributed by atoms with Gasteiger partial charge in [0.25, 0.3) is 0 Å². The van der Waals surface area contributed by atoms with Crippen LogP contribution in [0, 0.1) is 0 Å². The molecule has 0 fully saturated rings. The van der Waals surface area contributed by atoms with Crippen molar-refractivity contribution in [2.45, 2.75) is 57.9 Å². The number of carbonyl (C=O) groups is 1. The van der Waals surface area contributed by atoms with Gasteiger partial charge < -0.3 is 20.9 Å². The van der Waals surface area contributed by atoms with E-state index in [1.807, 2.05) is 12.1 Å². The van der Waals surface area contributed by atoms with E-state index in [9.17, 15) is 4.79 Å². The molecule has 0 aliphatic heterocycles. The Morgan fingerprint density at radius 3 is 2.39 bits per heavy atom. The predicted octanol–water partition coefficient (Wildman–Crippen LogP) is 3.07. The Labute approximate surface area is 139 Å². The molecule has 0 heterocycles. The molecule has 0 unspecified atom stereocenters. The lowest BCUT2D eigenvalue weighted by atomic mass is 10.0. The summed E-state index contributed by atoms with van der Waals surface area (Å²) in [6.45, 7) is 4.01. The van der Waals surface area contributed by atoms with Gasteiger partial charge in [0.15, 0.2) is 0 Å². The molecule has 4 N–H and O–H groups in total. The highest BCUT2D eigenvalue weighted by Crippen LogP contribution is 2.17. The van der Waals surface area contributed by atoms with Crippen molar-refractivity contribution in [2.75, 3.05) is 18.5 Å². The van der Waals surface area contributed by atoms with Crippen LogP contribution < -0.4 is 15.8 Å². The van der Waals surface area contributed by atoms with Gasteiger partial charge >= 0.3 is 0 Å². The summed E-state index contributed by atoms with van der Waals surface area (Å²) in [4.78, 5) is 11.8. The first-order valence-electron chi connectivity index (χ1n) is 8.43. The number of carbonyl (C=O) groups excluding carboxylic acids is 1. The average molecular weight is 322 g/mol. The van der Waals surface area contributed by atoms with Crippen molar-refractivity contribution in [2.24, 2.45) is 5.73 Å². The molecule has 0 saturated carbocycles. The number of aliphatic hydroxyl groups is 1. The number of hydrogen-bond acceptors (Lipinski definition) is 4. The lowest BCUT2D eigenvalue weighted by molar-refractivity contribution is -0.121. The monoisotopic (exact) mass is 322 g/mol. The number of amides is 1. The fourth-order valence-electron chi connectivity index (χ4n) is 2.05. The summed E-state index contributed by atoms with van der Waals surface area (Å²) in [5.74, 6) is 0.370. The molecule has 1 atom stereocenters. The van der Waals surface area contributed by atoms with E-state index in [0.29, 0.717) is 12.3 Å². The van der Waals surface area contributed by atoms with Crippen LogP contribution in [0.5, 0.6) is 5.75 Å². The largest absolute Gasteiger partial charge is 0.494 e. The first kappa shape index (κ1) is 19.5. The first-order valence-corrected chi connectivity index (χ1v) is 8.43. The van der Waals surface area contributed by atoms with E-state index < -0.39 is 18.1 Å². The number of ether oxygens (including phenoxy) is 1. The zero-order valence-corrected chi connectivity index (χ0v) is 14.3. The Morgan fingerprint density at radius 2 is 1.78 bits per heavy atom. The molecule has 0 saturated heterocycles. The van der Waals surface area contributed by atoms with Crippen LogP contribution in [0.25, 0.3) is 0 Å². The Balaban J connectivity index is 2.29. The molecule has 0 aromatic heterocycles. The number of nitrogens with two attached hydrogens (primary N) is 1. The summed E-state index contributed by atoms with van der Waals surface area (Å²) in [5, 5.41) is 11.7. The van der Waals surface area contributed by atoms with Crippen LogP contribution in [0.1, 0.15) is 52.4 Å². The van der Waals surface area contributed by atoms with Crippen molar-refractivity contribution in [1.82, 2.24) is 0 Å². The molecule has 1 rings (SSSR count). The van der Waals surface area contributed by atoms with E-state index in [1.165, 1.54) is 39.0 Å². The van der Waals surface area contributed by atoms with Gasteiger partial charge in [-0.05, 0) is 37.6 Å². The van der Waals surface area contributed by atoms with Crippen LogP contribution in [-0.2, 0) is 4.79 Å². The third-order valence-corrected chi connectivity index (χ3v) is 3.73. The van der Waals surface area contributed by atoms with Gasteiger partial charge in [-0.25, -0.2) is 0 Å². The average Bonchev–Trinajstić information content (AvgIpc) is 2.55. The van der Waals surface area contributed by atoms with Gasteiger partial charge in [0, 0.05) is 5.69 Å². The number of anilines is 1. The van der Waals surface area contributed by atoms with E-state index in [1.54, 1.807) is 12.1 Å². The molecule has 5 heteroatoms. The second-order valence-corrected chi connectivity index (χ2v) is 6.17. The Hall–Kier alpha value is -1.59. The van der Waals surface area contributed by atoms with Crippen LogP contribution in [0.15, 0.2) is 24.3 Å². The lowest BCUT2D eigenvalue weighted by Gasteiger charge is -2.20. The second kappa shape index (κ2) is 10.2. The number of aliphatic hydroxyl groups excluding tert-OH is 1. The Morgan fingerprint density at radius 1 is 1.17 bits per heavy atom. The minimum absolute atomic E-state index is 0.404. The lowest BCUT2D eigenvalue weighted by Crippen LogP contribution is -2.51. The highest BCUT2D eigenvalue weighted by atomic mass is 16.5. The number of nitrogens with one attached hydrogen (secondary N) is 1. The van der Waals surface area contributed by atoms with E-state index in [0.717, 1.165) is 12.2 Å². The molecule has 0 bridgehead atoms. The van der Waals surface area contributed by atoms with Crippen LogP contribution in [-0.4, -0.2) is 29.8 Å². The summed E-state index contributed by atoms with van der Waals surface area (Å²) >= 11 is 0. The molecule has 1 aromatic carbocycles. The van der Waals surface area contributed by atoms with Gasteiger partial charge in [-0.3, -0.25) is 4.79 Å². The third-order valence-electron chi connectivity index (χ3n) is 3.73. The molecule has 0 aliphatic carbocycles. The molecule has 130 valence electrons. The maximum Gasteiger partial charge on any atom is 0.246 e. The zero-order valence-electron chi connectivity index (χ0n) is 14.3. The molecule has 23 heavy (non-hydrogen) atoms. The van der Waals surface area contributed by atoms with Gasteiger partial charge in [0.05, 0.1) is 13.2 Å². The van der Waals surface area contributed by atoms with Gasteiger partial charge in [0.1, 0.15) is 11.3 Å². The number of benzene rings is 1. The molecular weight excluding hydrogens is 292 g/mol. The van der Waals surface area contributed by atoms with Crippen molar-refractivity contribution in [3.63, 3.8) is 0 Å². The Kier molecular flexibility index (Phi) is 8.66. The highest BCUT2D eigenvalue weighted by Gasteiger charge is 2.27. The minimum Gasteiger partial charge on any atom is -0.494 e. The summed E-state index contributed by atoms with van der Waals surface area (Å²) in [7, 11) is 0. The van der Waals surface area contributed by atoms with Gasteiger partial charge in [-0.15, -0.1) is 0 Å². The molecule has 0 radical (unpaired) electrons. The minimum atomic E-state index is -1.28. The van der Waals surface area contributed by atoms with Crippen molar-refractivity contribution in [3.8, 4) is 5.75 Å². The molecule has 0 spiro atoms. The summed E-state index contributed by atoms with van der Waals surface area (Å²) in [6.07, 6.45) is 7.41. The van der Waals surface area contributed by atoms with E-state index >= 15 is 0 Å². The topological polar surface area (TPSA) is 84.6 Å². The van der Waals surface area contributed by atoms with E-state index in [2.05, 4.69) is 12.2 Å². The van der Waals surface area contributed by atoms with Crippen molar-refractivity contribution < 1.29 is 14.6 Å². The van der Waals surface area contributed by atoms with Crippen molar-refractivity contribution in [3.05, 3.63) is 24.3 Å². The summed E-state index contributed by atoms with van der Waals surface area (Å²) in [5.41, 5.74) is 5.02. The van der Waals surface area contributed by atoms with Gasteiger partial charge in [-0.1, -0.05) is 39.0 Å². The van der Waals surface area contributed by atoms with Crippen LogP contribution in [0.2, 0.25) is 0 Å². The molecule has 1 amide bonds. The van der Waals surface area contributed by atoms with E-state index in [4.69, 9.17) is 15.6 Å². The van der Waals surface area contributed by atoms with Crippen LogP contribution >= 0.6 is 0 Å². The summed E-state index contributed by atoms with van der Waals surface area (Å²) < 4.78 is 5.68. The zero-order chi connectivity index (χ0) is 17.1. The predicted molar refractivity (Wildman–Crippen MR) is 93.6 cm³/mol. The summed E-state index contributed by atoms with van der Waals surface area (Å²) in [6, 6.07) is 7.17. The Bertz CT molecular complexity index is 458. The highest BCUT2D eigenvalue weighted by molar-refractivity contribution is 5.97. The standard InChI is InChI=1S/C18H30N2O3/c1-3-4-5-6-7-8-13-23-16-11-9-15(10-12-16)20-17(22)18(2,19)14-21/h9-12,21H,3-8,13-14,19H2,1-2H3,(H,20,22)/t18-/m0/s1. The maximum absolute atomic E-state index is 11.8. The normalized spacial score (nSPS) is 13.4. The van der Waals surface area contributed by atoms with Gasteiger partial charge in [0.2, 0.25) is 5.91 Å². The fraction of sp³-hybridized carbons (Fsp3) is 0.611. The fourth-order valence-corrected chi connectivity index (χ4v) is 2.05. The quantitative estimate of drug-likeness (QED) is 0.547. The first-order chi connectivity index (χ1) is 11.0. The molecular formula is C18H30N2O3. The van der Waals surface area contributed by atoms with Crippen LogP contribution in [0.3, 0.4) is 0 Å². The SMILES string of the molecule is CCCCCCCCOc1ccc(NC(=O)[C@@](C)(N)CO)cc1. The molecule has 0 aliphatic rings. The van der Waals surface area contributed by atoms with Crippen LogP contribution in [0.4, 0.5) is 5.69 Å². The van der Waals surface area contributed by atoms with Crippen molar-refractivity contribution >= 4 is 11.6 Å². The number of hydrogen-bond donors (Lipinski definition) is 3.